The minimum atomic E-state index is -1.44. The average molecular weight is 682 g/mol. The Bertz CT molecular complexity index is 1070. The van der Waals surface area contributed by atoms with E-state index in [0.29, 0.717) is 64.3 Å². The third-order valence-corrected chi connectivity index (χ3v) is 8.39. The highest BCUT2D eigenvalue weighted by Gasteiger charge is 2.35. The Morgan fingerprint density at radius 1 is 0.830 bits per heavy atom. The van der Waals surface area contributed by atoms with E-state index in [9.17, 15) is 28.8 Å². The fraction of sp³-hybridized carbons (Fsp3) is 0.697. The van der Waals surface area contributed by atoms with E-state index in [1.54, 1.807) is 13.8 Å². The van der Waals surface area contributed by atoms with Crippen molar-refractivity contribution >= 4 is 48.5 Å². The van der Waals surface area contributed by atoms with Crippen molar-refractivity contribution in [1.82, 2.24) is 21.3 Å². The molecule has 0 aliphatic carbocycles. The summed E-state index contributed by atoms with van der Waals surface area (Å²) >= 11 is 4.15. The molecule has 0 heterocycles. The van der Waals surface area contributed by atoms with Gasteiger partial charge in [0.2, 0.25) is 29.5 Å². The van der Waals surface area contributed by atoms with Gasteiger partial charge in [0, 0.05) is 11.7 Å². The van der Waals surface area contributed by atoms with Gasteiger partial charge in [-0.3, -0.25) is 24.0 Å². The molecule has 268 valence electrons. The van der Waals surface area contributed by atoms with Gasteiger partial charge in [0.15, 0.2) is 0 Å². The summed E-state index contributed by atoms with van der Waals surface area (Å²) in [7, 11) is 0. The number of carbonyl (C=O) groups excluding carboxylic acids is 6. The lowest BCUT2D eigenvalue weighted by molar-refractivity contribution is -0.136. The van der Waals surface area contributed by atoms with Crippen LogP contribution in [-0.2, 0) is 28.8 Å². The molecule has 0 rings (SSSR count). The number of allylic oxidation sites excluding steroid dienone is 3. The molecule has 0 spiro atoms. The molecule has 47 heavy (non-hydrogen) atoms. The van der Waals surface area contributed by atoms with Crippen LogP contribution in [-0.4, -0.2) is 78.3 Å². The smallest absolute Gasteiger partial charge is 0.243 e. The summed E-state index contributed by atoms with van der Waals surface area (Å²) in [6.45, 7) is 8.14. The predicted molar refractivity (Wildman–Crippen MR) is 188 cm³/mol. The van der Waals surface area contributed by atoms with Gasteiger partial charge in [-0.1, -0.05) is 51.0 Å². The van der Waals surface area contributed by atoms with Crippen LogP contribution in [0, 0.1) is 5.92 Å². The van der Waals surface area contributed by atoms with E-state index in [4.69, 9.17) is 17.2 Å². The fourth-order valence-corrected chi connectivity index (χ4v) is 4.97. The monoisotopic (exact) mass is 681 g/mol. The number of primary amides is 1. The van der Waals surface area contributed by atoms with Gasteiger partial charge in [0.25, 0.3) is 0 Å². The molecule has 0 aromatic rings. The topological polar surface area (TPSA) is 229 Å². The summed E-state index contributed by atoms with van der Waals surface area (Å²) in [6.07, 6.45) is 10.6. The molecule has 0 fully saturated rings. The molecule has 13 nitrogen and oxygen atoms in total. The standard InChI is InChI=1S/C33H59N7O6S/c1-5-8-14-24(13-6-2)19-26(32(46)40-33(7-3,22-41)16-10-12-18-35)38-31(45)27(20-28(36)42)39-30(44)25(15-9-11-17-34)37-29(43)23(4)21-47/h5,8,14,22-23,25-27,47H,6-7,9-13,15-21,34-35H2,1-4H3,(H2,36,42)(H,37,43)(H,38,45)(H,39,44)(H,40,46). The molecule has 0 bridgehead atoms. The zero-order valence-electron chi connectivity index (χ0n) is 28.6. The highest BCUT2D eigenvalue weighted by atomic mass is 32.1. The second kappa shape index (κ2) is 24.9. The van der Waals surface area contributed by atoms with E-state index in [-0.39, 0.29) is 18.6 Å². The Balaban J connectivity index is 6.41. The van der Waals surface area contributed by atoms with E-state index in [1.807, 2.05) is 32.1 Å². The van der Waals surface area contributed by atoms with Crippen molar-refractivity contribution in [2.45, 2.75) is 122 Å². The van der Waals surface area contributed by atoms with Crippen molar-refractivity contribution < 1.29 is 28.8 Å². The first kappa shape index (κ1) is 43.8. The minimum absolute atomic E-state index is 0.119. The van der Waals surface area contributed by atoms with Crippen LogP contribution in [0.5, 0.6) is 0 Å². The zero-order chi connectivity index (χ0) is 35.8. The van der Waals surface area contributed by atoms with Crippen molar-refractivity contribution in [2.24, 2.45) is 23.1 Å². The van der Waals surface area contributed by atoms with Gasteiger partial charge in [0.05, 0.1) is 12.0 Å². The second-order valence-corrected chi connectivity index (χ2v) is 12.3. The molecular formula is C33H59N7O6S. The number of hydrogen-bond acceptors (Lipinski definition) is 9. The molecule has 0 saturated heterocycles. The van der Waals surface area contributed by atoms with Gasteiger partial charge in [-0.25, -0.2) is 0 Å². The Kier molecular flexibility index (Phi) is 23.2. The number of unbranched alkanes of at least 4 members (excludes halogenated alkanes) is 2. The van der Waals surface area contributed by atoms with E-state index in [2.05, 4.69) is 33.9 Å². The van der Waals surface area contributed by atoms with Crippen molar-refractivity contribution in [1.29, 1.82) is 0 Å². The summed E-state index contributed by atoms with van der Waals surface area (Å²) in [5.41, 5.74) is 16.4. The van der Waals surface area contributed by atoms with E-state index >= 15 is 0 Å². The number of carbonyl (C=O) groups is 6. The third kappa shape index (κ3) is 17.5. The Morgan fingerprint density at radius 2 is 1.40 bits per heavy atom. The lowest BCUT2D eigenvalue weighted by Crippen LogP contribution is -2.60. The summed E-state index contributed by atoms with van der Waals surface area (Å²) in [5, 5.41) is 10.8. The first-order valence-electron chi connectivity index (χ1n) is 16.7. The molecule has 5 unspecified atom stereocenters. The summed E-state index contributed by atoms with van der Waals surface area (Å²) in [4.78, 5) is 77.8. The van der Waals surface area contributed by atoms with Crippen molar-refractivity contribution in [3.8, 4) is 0 Å². The molecule has 14 heteroatoms. The molecule has 10 N–H and O–H groups in total. The van der Waals surface area contributed by atoms with Gasteiger partial charge >= 0.3 is 0 Å². The molecule has 5 atom stereocenters. The largest absolute Gasteiger partial charge is 0.370 e. The number of rotatable bonds is 26. The van der Waals surface area contributed by atoms with Gasteiger partial charge in [-0.15, -0.1) is 0 Å². The first-order chi connectivity index (χ1) is 22.4. The van der Waals surface area contributed by atoms with Gasteiger partial charge in [0.1, 0.15) is 24.4 Å². The van der Waals surface area contributed by atoms with Crippen LogP contribution in [0.25, 0.3) is 0 Å². The van der Waals surface area contributed by atoms with Crippen LogP contribution in [0.4, 0.5) is 0 Å². The lowest BCUT2D eigenvalue weighted by Gasteiger charge is -2.31. The normalized spacial score (nSPS) is 15.5. The highest BCUT2D eigenvalue weighted by Crippen LogP contribution is 2.19. The molecule has 0 saturated carbocycles. The third-order valence-electron chi connectivity index (χ3n) is 7.84. The van der Waals surface area contributed by atoms with Crippen LogP contribution < -0.4 is 38.5 Å². The number of nitrogens with two attached hydrogens (primary N) is 3. The maximum atomic E-state index is 13.8. The maximum absolute atomic E-state index is 13.8. The molecule has 0 aliphatic heterocycles. The van der Waals surface area contributed by atoms with Gasteiger partial charge < -0.3 is 43.3 Å². The number of thiol groups is 1. The molecule has 5 amide bonds. The summed E-state index contributed by atoms with van der Waals surface area (Å²) in [6, 6.07) is -3.59. The van der Waals surface area contributed by atoms with E-state index < -0.39 is 65.5 Å². The number of amides is 5. The minimum Gasteiger partial charge on any atom is -0.370 e. The highest BCUT2D eigenvalue weighted by molar-refractivity contribution is 7.80. The average Bonchev–Trinajstić information content (AvgIpc) is 3.04. The number of nitrogens with one attached hydrogen (secondary N) is 4. The van der Waals surface area contributed by atoms with Crippen LogP contribution in [0.2, 0.25) is 0 Å². The van der Waals surface area contributed by atoms with Crippen LogP contribution in [0.15, 0.2) is 23.8 Å². The quantitative estimate of drug-likeness (QED) is 0.0286. The van der Waals surface area contributed by atoms with Crippen LogP contribution in [0.1, 0.15) is 98.3 Å². The van der Waals surface area contributed by atoms with E-state index in [0.717, 1.165) is 12.0 Å². The number of aldehydes is 1. The maximum Gasteiger partial charge on any atom is 0.243 e. The molecule has 0 radical (unpaired) electrons. The number of hydrogen-bond donors (Lipinski definition) is 8. The van der Waals surface area contributed by atoms with Crippen molar-refractivity contribution in [3.63, 3.8) is 0 Å². The SMILES string of the molecule is CC=CC=C(CCC)CC(NC(=O)C(CC(N)=O)NC(=O)C(CCCCN)NC(=O)C(C)CS)C(=O)NC(C=O)(CC)CCCCN. The summed E-state index contributed by atoms with van der Waals surface area (Å²) in [5.74, 6) is -3.54. The first-order valence-corrected chi connectivity index (χ1v) is 17.3. The molecule has 0 aliphatic rings. The molecule has 0 aromatic heterocycles. The Morgan fingerprint density at radius 3 is 1.91 bits per heavy atom. The Hall–Kier alpha value is -3.23. The van der Waals surface area contributed by atoms with E-state index in [1.165, 1.54) is 0 Å². The second-order valence-electron chi connectivity index (χ2n) is 11.9. The Labute approximate surface area is 285 Å². The van der Waals surface area contributed by atoms with Crippen molar-refractivity contribution in [3.05, 3.63) is 23.8 Å². The summed E-state index contributed by atoms with van der Waals surface area (Å²) < 4.78 is 0. The van der Waals surface area contributed by atoms with Crippen molar-refractivity contribution in [2.75, 3.05) is 18.8 Å². The predicted octanol–water partition coefficient (Wildman–Crippen LogP) is 1.30. The van der Waals surface area contributed by atoms with Crippen LogP contribution >= 0.6 is 12.6 Å². The molecule has 0 aromatic carbocycles. The van der Waals surface area contributed by atoms with Crippen LogP contribution in [0.3, 0.4) is 0 Å². The molecular weight excluding hydrogens is 622 g/mol. The van der Waals surface area contributed by atoms with Gasteiger partial charge in [-0.05, 0) is 77.8 Å². The van der Waals surface area contributed by atoms with Gasteiger partial charge in [-0.2, -0.15) is 12.6 Å². The fourth-order valence-electron chi connectivity index (χ4n) is 4.81. The lowest BCUT2D eigenvalue weighted by atomic mass is 9.90. The zero-order valence-corrected chi connectivity index (χ0v) is 29.5.